The molecule has 0 fully saturated rings. The summed E-state index contributed by atoms with van der Waals surface area (Å²) in [5.41, 5.74) is -1.84. The van der Waals surface area contributed by atoms with Crippen molar-refractivity contribution in [3.63, 3.8) is 0 Å². The van der Waals surface area contributed by atoms with Gasteiger partial charge in [0.1, 0.15) is 5.82 Å². The van der Waals surface area contributed by atoms with Crippen LogP contribution in [0.5, 0.6) is 0 Å². The lowest BCUT2D eigenvalue weighted by Gasteiger charge is -2.12. The quantitative estimate of drug-likeness (QED) is 0.491. The minimum Gasteiger partial charge on any atom is -0.284 e. The van der Waals surface area contributed by atoms with E-state index in [1.807, 2.05) is 4.72 Å². The van der Waals surface area contributed by atoms with E-state index < -0.39 is 27.6 Å². The predicted molar refractivity (Wildman–Crippen MR) is 68.8 cm³/mol. The molecule has 0 atom stereocenters. The molecule has 0 aromatic heterocycles. The second-order valence-electron chi connectivity index (χ2n) is 4.01. The highest BCUT2D eigenvalue weighted by Crippen LogP contribution is 2.33. The Morgan fingerprint density at radius 2 is 1.85 bits per heavy atom. The van der Waals surface area contributed by atoms with Gasteiger partial charge in [-0.1, -0.05) is 0 Å². The third-order valence-corrected chi connectivity index (χ3v) is 3.98. The number of anilines is 1. The monoisotopic (exact) mass is 333 g/mol. The van der Waals surface area contributed by atoms with Gasteiger partial charge in [-0.25, -0.2) is 12.8 Å². The Labute approximate surface area is 119 Å². The molecule has 0 amide bonds. The summed E-state index contributed by atoms with van der Waals surface area (Å²) in [5, 5.41) is 0. The summed E-state index contributed by atoms with van der Waals surface area (Å²) in [5.74, 6) is -1.43. The molecule has 1 aromatic carbocycles. The molecule has 0 saturated heterocycles. The van der Waals surface area contributed by atoms with Crippen LogP contribution in [0, 0.1) is 5.82 Å². The fourth-order valence-electron chi connectivity index (χ4n) is 1.42. The van der Waals surface area contributed by atoms with E-state index in [4.69, 9.17) is 11.6 Å². The molecule has 114 valence electrons. The van der Waals surface area contributed by atoms with Gasteiger partial charge in [0.15, 0.2) is 0 Å². The minimum absolute atomic E-state index is 0.265. The zero-order valence-corrected chi connectivity index (χ0v) is 11.7. The Morgan fingerprint density at radius 3 is 2.40 bits per heavy atom. The van der Waals surface area contributed by atoms with Gasteiger partial charge < -0.3 is 0 Å². The molecule has 0 aliphatic rings. The highest BCUT2D eigenvalue weighted by atomic mass is 35.5. The van der Waals surface area contributed by atoms with Crippen LogP contribution in [0.4, 0.5) is 23.2 Å². The molecule has 0 spiro atoms. The maximum absolute atomic E-state index is 13.0. The summed E-state index contributed by atoms with van der Waals surface area (Å²) in [6, 6.07) is 1.93. The normalized spacial score (nSPS) is 12.4. The Morgan fingerprint density at radius 1 is 1.20 bits per heavy atom. The van der Waals surface area contributed by atoms with Gasteiger partial charge in [0.2, 0.25) is 10.0 Å². The van der Waals surface area contributed by atoms with Crippen molar-refractivity contribution in [3.8, 4) is 0 Å². The van der Waals surface area contributed by atoms with Gasteiger partial charge >= 0.3 is 6.18 Å². The van der Waals surface area contributed by atoms with Crippen LogP contribution in [-0.4, -0.2) is 20.1 Å². The molecule has 3 nitrogen and oxygen atoms in total. The molecule has 0 aliphatic carbocycles. The number of hydrogen-bond donors (Lipinski definition) is 1. The number of nitrogens with one attached hydrogen (secondary N) is 1. The number of rotatable bonds is 6. The zero-order chi connectivity index (χ0) is 15.4. The van der Waals surface area contributed by atoms with Crippen LogP contribution in [0.2, 0.25) is 0 Å². The van der Waals surface area contributed by atoms with Crippen molar-refractivity contribution in [1.82, 2.24) is 0 Å². The van der Waals surface area contributed by atoms with Crippen molar-refractivity contribution < 1.29 is 26.0 Å². The Balaban J connectivity index is 2.88. The summed E-state index contributed by atoms with van der Waals surface area (Å²) in [7, 11) is -3.78. The van der Waals surface area contributed by atoms with Crippen molar-refractivity contribution in [2.75, 3.05) is 16.4 Å². The number of benzene rings is 1. The van der Waals surface area contributed by atoms with E-state index in [1.165, 1.54) is 0 Å². The molecular formula is C11H12ClF4NO2S. The summed E-state index contributed by atoms with van der Waals surface area (Å²) in [4.78, 5) is 0. The fraction of sp³-hybridized carbons (Fsp3) is 0.455. The van der Waals surface area contributed by atoms with Crippen LogP contribution < -0.4 is 4.72 Å². The summed E-state index contributed by atoms with van der Waals surface area (Å²) in [6.45, 7) is 0. The Hall–Kier alpha value is -1.02. The van der Waals surface area contributed by atoms with Crippen LogP contribution in [-0.2, 0) is 16.2 Å². The van der Waals surface area contributed by atoms with Crippen LogP contribution in [0.1, 0.15) is 18.4 Å². The second kappa shape index (κ2) is 6.62. The first kappa shape index (κ1) is 17.0. The first-order valence-electron chi connectivity index (χ1n) is 5.59. The number of unbranched alkanes of at least 4 members (excludes halogenated alkanes) is 1. The molecule has 0 radical (unpaired) electrons. The third-order valence-electron chi connectivity index (χ3n) is 2.34. The van der Waals surface area contributed by atoms with Crippen LogP contribution in [0.15, 0.2) is 18.2 Å². The molecule has 1 rings (SSSR count). The van der Waals surface area contributed by atoms with Crippen LogP contribution in [0.25, 0.3) is 0 Å². The molecule has 0 aliphatic heterocycles. The van der Waals surface area contributed by atoms with Crippen molar-refractivity contribution in [3.05, 3.63) is 29.6 Å². The van der Waals surface area contributed by atoms with E-state index in [2.05, 4.69) is 0 Å². The second-order valence-corrected chi connectivity index (χ2v) is 6.23. The lowest BCUT2D eigenvalue weighted by molar-refractivity contribution is -0.139. The highest BCUT2D eigenvalue weighted by molar-refractivity contribution is 7.92. The lowest BCUT2D eigenvalue weighted by atomic mass is 10.2. The zero-order valence-electron chi connectivity index (χ0n) is 10.2. The topological polar surface area (TPSA) is 46.2 Å². The number of halogens is 5. The fourth-order valence-corrected chi connectivity index (χ4v) is 2.78. The van der Waals surface area contributed by atoms with Crippen molar-refractivity contribution in [1.29, 1.82) is 0 Å². The van der Waals surface area contributed by atoms with E-state index in [0.717, 1.165) is 6.07 Å². The van der Waals surface area contributed by atoms with Crippen molar-refractivity contribution in [2.45, 2.75) is 19.0 Å². The van der Waals surface area contributed by atoms with Gasteiger partial charge in [-0.05, 0) is 31.0 Å². The molecule has 20 heavy (non-hydrogen) atoms. The third kappa shape index (κ3) is 5.16. The first-order chi connectivity index (χ1) is 9.15. The van der Waals surface area contributed by atoms with Gasteiger partial charge in [-0.2, -0.15) is 13.2 Å². The number of hydrogen-bond acceptors (Lipinski definition) is 2. The molecule has 9 heteroatoms. The van der Waals surface area contributed by atoms with Crippen molar-refractivity contribution in [2.24, 2.45) is 0 Å². The highest BCUT2D eigenvalue weighted by Gasteiger charge is 2.34. The average molecular weight is 334 g/mol. The van der Waals surface area contributed by atoms with Gasteiger partial charge in [-0.3, -0.25) is 4.72 Å². The van der Waals surface area contributed by atoms with E-state index >= 15 is 0 Å². The molecule has 0 saturated carbocycles. The number of sulfonamides is 1. The molecule has 0 heterocycles. The van der Waals surface area contributed by atoms with Gasteiger partial charge in [0, 0.05) is 11.6 Å². The molecule has 0 unspecified atom stereocenters. The standard InChI is InChI=1S/C11H12ClF4NO2S/c12-5-1-2-6-20(18,19)17-8-3-4-10(13)9(7-8)11(14,15)16/h3-4,7,17H,1-2,5-6H2. The van der Waals surface area contributed by atoms with E-state index in [-0.39, 0.29) is 17.9 Å². The van der Waals surface area contributed by atoms with Gasteiger partial charge in [0.05, 0.1) is 11.3 Å². The maximum Gasteiger partial charge on any atom is 0.419 e. The number of alkyl halides is 4. The Kier molecular flexibility index (Phi) is 5.64. The average Bonchev–Trinajstić information content (AvgIpc) is 2.30. The minimum atomic E-state index is -4.88. The lowest BCUT2D eigenvalue weighted by Crippen LogP contribution is -2.18. The van der Waals surface area contributed by atoms with Crippen molar-refractivity contribution >= 4 is 27.3 Å². The predicted octanol–water partition coefficient (Wildman–Crippen LogP) is 3.61. The molecule has 1 aromatic rings. The summed E-state index contributed by atoms with van der Waals surface area (Å²) < 4.78 is 75.6. The van der Waals surface area contributed by atoms with Crippen LogP contribution in [0.3, 0.4) is 0 Å². The van der Waals surface area contributed by atoms with E-state index in [1.54, 1.807) is 0 Å². The summed E-state index contributed by atoms with van der Waals surface area (Å²) in [6.07, 6.45) is -4.13. The summed E-state index contributed by atoms with van der Waals surface area (Å²) >= 11 is 5.40. The smallest absolute Gasteiger partial charge is 0.284 e. The van der Waals surface area contributed by atoms with E-state index in [9.17, 15) is 26.0 Å². The molecule has 0 bridgehead atoms. The Bertz CT molecular complexity index is 560. The maximum atomic E-state index is 13.0. The SMILES string of the molecule is O=S(=O)(CCCCCl)Nc1ccc(F)c(C(F)(F)F)c1. The molecule has 1 N–H and O–H groups in total. The van der Waals surface area contributed by atoms with Gasteiger partial charge in [-0.15, -0.1) is 11.6 Å². The molecular weight excluding hydrogens is 322 g/mol. The first-order valence-corrected chi connectivity index (χ1v) is 7.77. The van der Waals surface area contributed by atoms with Crippen LogP contribution >= 0.6 is 11.6 Å². The van der Waals surface area contributed by atoms with Gasteiger partial charge in [0.25, 0.3) is 0 Å². The largest absolute Gasteiger partial charge is 0.419 e. The van der Waals surface area contributed by atoms with E-state index in [0.29, 0.717) is 24.4 Å².